The second-order valence-corrected chi connectivity index (χ2v) is 2.60. The van der Waals surface area contributed by atoms with E-state index in [-0.39, 0.29) is 10.2 Å². The van der Waals surface area contributed by atoms with E-state index in [0.717, 1.165) is 0 Å². The van der Waals surface area contributed by atoms with E-state index in [9.17, 15) is 4.39 Å². The van der Waals surface area contributed by atoms with Crippen LogP contribution in [0.1, 0.15) is 5.56 Å². The molecule has 0 fully saturated rings. The molecule has 0 aliphatic heterocycles. The summed E-state index contributed by atoms with van der Waals surface area (Å²) in [5.41, 5.74) is 0.211. The maximum absolute atomic E-state index is 12.6. The number of hydrogen-bond donors (Lipinski definition) is 1. The molecule has 0 heterocycles. The first-order valence-corrected chi connectivity index (χ1v) is 3.55. The van der Waals surface area contributed by atoms with Gasteiger partial charge in [-0.25, -0.2) is 0 Å². The standard InChI is InChI=1S/C7H5FOSe/c8-6-4-2-1-3-5(6)7(9)10/h1-4H,(H,9,10). The van der Waals surface area contributed by atoms with Gasteiger partial charge in [-0.05, 0) is 0 Å². The van der Waals surface area contributed by atoms with Crippen LogP contribution in [0.3, 0.4) is 0 Å². The van der Waals surface area contributed by atoms with Crippen LogP contribution in [0, 0.1) is 5.82 Å². The Morgan fingerprint density at radius 3 is 2.40 bits per heavy atom. The number of aliphatic hydroxyl groups excluding tert-OH is 1. The minimum atomic E-state index is -0.418. The summed E-state index contributed by atoms with van der Waals surface area (Å²) < 4.78 is 12.5. The molecule has 0 saturated heterocycles. The molecule has 1 rings (SSSR count). The minimum absolute atomic E-state index is 0.113. The molecule has 0 amide bonds. The van der Waals surface area contributed by atoms with Gasteiger partial charge in [0.25, 0.3) is 0 Å². The van der Waals surface area contributed by atoms with E-state index in [4.69, 9.17) is 5.11 Å². The molecule has 0 spiro atoms. The first-order valence-electron chi connectivity index (χ1n) is 2.69. The van der Waals surface area contributed by atoms with Crippen LogP contribution in [0.15, 0.2) is 24.3 Å². The normalized spacial score (nSPS) is 9.30. The summed E-state index contributed by atoms with van der Waals surface area (Å²) in [6, 6.07) is 6.03. The van der Waals surface area contributed by atoms with Gasteiger partial charge in [0.2, 0.25) is 0 Å². The van der Waals surface area contributed by atoms with Crippen LogP contribution >= 0.6 is 0 Å². The summed E-state index contributed by atoms with van der Waals surface area (Å²) in [7, 11) is 0. The molecule has 10 heavy (non-hydrogen) atoms. The molecule has 1 N–H and O–H groups in total. The van der Waals surface area contributed by atoms with Gasteiger partial charge in [0, 0.05) is 0 Å². The predicted octanol–water partition coefficient (Wildman–Crippen LogP) is 0.845. The summed E-state index contributed by atoms with van der Waals surface area (Å²) in [5.74, 6) is -0.418. The van der Waals surface area contributed by atoms with Crippen molar-refractivity contribution in [3.05, 3.63) is 35.6 Å². The molecule has 0 aliphatic rings. The van der Waals surface area contributed by atoms with Crippen LogP contribution in [0.5, 0.6) is 0 Å². The van der Waals surface area contributed by atoms with Gasteiger partial charge in [0.05, 0.1) is 0 Å². The van der Waals surface area contributed by atoms with E-state index >= 15 is 0 Å². The van der Waals surface area contributed by atoms with Crippen molar-refractivity contribution in [2.45, 2.75) is 0 Å². The molecule has 0 saturated carbocycles. The van der Waals surface area contributed by atoms with E-state index in [1.165, 1.54) is 12.1 Å². The van der Waals surface area contributed by atoms with Crippen LogP contribution in [0.2, 0.25) is 0 Å². The molecule has 0 aliphatic carbocycles. The molecule has 1 aromatic rings. The second-order valence-electron chi connectivity index (χ2n) is 1.78. The quantitative estimate of drug-likeness (QED) is 0.670. The molecular formula is C7H5FOSe. The van der Waals surface area contributed by atoms with E-state index in [1.807, 2.05) is 0 Å². The molecule has 0 atom stereocenters. The van der Waals surface area contributed by atoms with Crippen molar-refractivity contribution in [2.24, 2.45) is 0 Å². The van der Waals surface area contributed by atoms with Gasteiger partial charge in [-0.2, -0.15) is 0 Å². The summed E-state index contributed by atoms with van der Waals surface area (Å²) in [4.78, 5) is 0. The van der Waals surface area contributed by atoms with Gasteiger partial charge in [-0.3, -0.25) is 0 Å². The number of aliphatic hydroxyl groups is 1. The van der Waals surface area contributed by atoms with Gasteiger partial charge in [0.1, 0.15) is 0 Å². The summed E-state index contributed by atoms with van der Waals surface area (Å²) in [6.45, 7) is 0. The molecule has 0 unspecified atom stereocenters. The molecule has 1 nitrogen and oxygen atoms in total. The first kappa shape index (κ1) is 7.45. The van der Waals surface area contributed by atoms with Crippen molar-refractivity contribution in [2.75, 3.05) is 0 Å². The Morgan fingerprint density at radius 2 is 2.00 bits per heavy atom. The number of benzene rings is 1. The Labute approximate surface area is 65.9 Å². The zero-order chi connectivity index (χ0) is 7.56. The van der Waals surface area contributed by atoms with E-state index in [2.05, 4.69) is 15.6 Å². The predicted molar refractivity (Wildman–Crippen MR) is 38.2 cm³/mol. The zero-order valence-electron chi connectivity index (χ0n) is 5.04. The number of rotatable bonds is 1. The fourth-order valence-corrected chi connectivity index (χ4v) is 0.982. The third-order valence-electron chi connectivity index (χ3n) is 1.10. The first-order chi connectivity index (χ1) is 4.72. The summed E-state index contributed by atoms with van der Waals surface area (Å²) >= 11 is 2.33. The third kappa shape index (κ3) is 1.43. The Bertz CT molecular complexity index is 260. The van der Waals surface area contributed by atoms with Crippen molar-refractivity contribution in [3.8, 4) is 0 Å². The average Bonchev–Trinajstić information content (AvgIpc) is 1.88. The number of halogens is 1. The molecule has 3 heteroatoms. The van der Waals surface area contributed by atoms with Crippen LogP contribution < -0.4 is 0 Å². The van der Waals surface area contributed by atoms with Crippen LogP contribution in [0.25, 0.3) is 0 Å². The maximum atomic E-state index is 12.6. The van der Waals surface area contributed by atoms with Crippen molar-refractivity contribution < 1.29 is 9.50 Å². The van der Waals surface area contributed by atoms with Crippen molar-refractivity contribution in [3.63, 3.8) is 0 Å². The average molecular weight is 203 g/mol. The van der Waals surface area contributed by atoms with E-state index < -0.39 is 5.82 Å². The Kier molecular flexibility index (Phi) is 2.20. The molecule has 0 bridgehead atoms. The van der Waals surface area contributed by atoms with Crippen molar-refractivity contribution in [1.82, 2.24) is 0 Å². The Morgan fingerprint density at radius 1 is 1.40 bits per heavy atom. The van der Waals surface area contributed by atoms with Crippen LogP contribution in [-0.4, -0.2) is 25.3 Å². The fraction of sp³-hybridized carbons (Fsp3) is 0. The van der Waals surface area contributed by atoms with Crippen molar-refractivity contribution in [1.29, 1.82) is 0 Å². The van der Waals surface area contributed by atoms with E-state index in [0.29, 0.717) is 0 Å². The molecule has 1 aromatic carbocycles. The summed E-state index contributed by atoms with van der Waals surface area (Å²) in [5, 5.41) is 8.83. The second kappa shape index (κ2) is 2.95. The summed E-state index contributed by atoms with van der Waals surface area (Å²) in [6.07, 6.45) is 0. The van der Waals surface area contributed by atoms with Gasteiger partial charge < -0.3 is 0 Å². The zero-order valence-corrected chi connectivity index (χ0v) is 6.76. The molecule has 0 radical (unpaired) electrons. The SMILES string of the molecule is OC(=[Se])c1ccccc1F. The molecule has 0 aromatic heterocycles. The molecule has 52 valence electrons. The van der Waals surface area contributed by atoms with Crippen LogP contribution in [-0.2, 0) is 0 Å². The fourth-order valence-electron chi connectivity index (χ4n) is 0.635. The molecular weight excluding hydrogens is 198 g/mol. The van der Waals surface area contributed by atoms with Crippen LogP contribution in [0.4, 0.5) is 4.39 Å². The monoisotopic (exact) mass is 204 g/mol. The topological polar surface area (TPSA) is 20.2 Å². The Hall–Kier alpha value is -0.661. The van der Waals surface area contributed by atoms with Gasteiger partial charge >= 0.3 is 65.3 Å². The van der Waals surface area contributed by atoms with Gasteiger partial charge in [-0.15, -0.1) is 0 Å². The van der Waals surface area contributed by atoms with Gasteiger partial charge in [0.15, 0.2) is 0 Å². The van der Waals surface area contributed by atoms with Gasteiger partial charge in [-0.1, -0.05) is 0 Å². The third-order valence-corrected chi connectivity index (χ3v) is 1.57. The van der Waals surface area contributed by atoms with E-state index in [1.54, 1.807) is 12.1 Å². The number of hydrogen-bond acceptors (Lipinski definition) is 1. The Balaban J connectivity index is 3.15. The van der Waals surface area contributed by atoms with Crippen molar-refractivity contribution >= 4 is 20.2 Å².